The molecule has 1 aliphatic rings. The van der Waals surface area contributed by atoms with Gasteiger partial charge < -0.3 is 15.4 Å². The highest BCUT2D eigenvalue weighted by Crippen LogP contribution is 2.31. The van der Waals surface area contributed by atoms with E-state index in [-0.39, 0.29) is 18.4 Å². The summed E-state index contributed by atoms with van der Waals surface area (Å²) in [7, 11) is 0. The Labute approximate surface area is 195 Å². The van der Waals surface area contributed by atoms with Gasteiger partial charge in [-0.15, -0.1) is 5.10 Å². The Hall–Kier alpha value is -3.66. The average molecular weight is 465 g/mol. The van der Waals surface area contributed by atoms with Crippen molar-refractivity contribution in [2.24, 2.45) is 0 Å². The van der Waals surface area contributed by atoms with E-state index in [0.29, 0.717) is 16.4 Å². The molecule has 9 nitrogen and oxygen atoms in total. The van der Waals surface area contributed by atoms with Crippen LogP contribution in [-0.2, 0) is 9.53 Å². The number of benzene rings is 2. The number of para-hydroxylation sites is 1. The van der Waals surface area contributed by atoms with Crippen LogP contribution in [0.5, 0.6) is 0 Å². The molecule has 1 unspecified atom stereocenters. The highest BCUT2D eigenvalue weighted by Gasteiger charge is 2.33. The van der Waals surface area contributed by atoms with Crippen molar-refractivity contribution < 1.29 is 14.3 Å². The predicted octanol–water partition coefficient (Wildman–Crippen LogP) is 3.24. The zero-order chi connectivity index (χ0) is 23.4. The van der Waals surface area contributed by atoms with Crippen LogP contribution in [0.2, 0.25) is 0 Å². The number of carbonyl (C=O) groups excluding carboxylic acids is 2. The summed E-state index contributed by atoms with van der Waals surface area (Å²) in [5.41, 5.74) is 4.59. The summed E-state index contributed by atoms with van der Waals surface area (Å²) in [6, 6.07) is 14.3. The fourth-order valence-electron chi connectivity index (χ4n) is 3.76. The first-order valence-corrected chi connectivity index (χ1v) is 11.5. The van der Waals surface area contributed by atoms with Crippen molar-refractivity contribution in [3.8, 4) is 5.69 Å². The Morgan fingerprint density at radius 1 is 1.12 bits per heavy atom. The van der Waals surface area contributed by atoms with Gasteiger partial charge in [0.1, 0.15) is 0 Å². The number of nitrogens with one attached hydrogen (secondary N) is 2. The van der Waals surface area contributed by atoms with Crippen molar-refractivity contribution >= 4 is 23.8 Å². The molecule has 3 aromatic rings. The summed E-state index contributed by atoms with van der Waals surface area (Å²) in [4.78, 5) is 25.4. The molecule has 0 saturated carbocycles. The van der Waals surface area contributed by atoms with Crippen LogP contribution in [-0.4, -0.2) is 44.6 Å². The molecule has 0 saturated heterocycles. The fraction of sp³-hybridized carbons (Fsp3) is 0.261. The lowest BCUT2D eigenvalue weighted by Gasteiger charge is -2.29. The van der Waals surface area contributed by atoms with Crippen LogP contribution in [0.3, 0.4) is 0 Å². The lowest BCUT2D eigenvalue weighted by molar-refractivity contribution is -0.139. The molecular weight excluding hydrogens is 440 g/mol. The third-order valence-corrected chi connectivity index (χ3v) is 6.17. The maximum absolute atomic E-state index is 12.9. The minimum atomic E-state index is -0.621. The number of aryl methyl sites for hydroxylation is 2. The zero-order valence-electron chi connectivity index (χ0n) is 18.5. The van der Waals surface area contributed by atoms with E-state index in [0.717, 1.165) is 22.4 Å². The second-order valence-corrected chi connectivity index (χ2v) is 8.40. The van der Waals surface area contributed by atoms with Gasteiger partial charge in [-0.05, 0) is 47.9 Å². The number of hydrogen-bond acceptors (Lipinski definition) is 7. The van der Waals surface area contributed by atoms with Crippen LogP contribution in [0, 0.1) is 13.8 Å². The Kier molecular flexibility index (Phi) is 6.74. The minimum absolute atomic E-state index is 0.225. The van der Waals surface area contributed by atoms with E-state index in [9.17, 15) is 9.59 Å². The quantitative estimate of drug-likeness (QED) is 0.408. The van der Waals surface area contributed by atoms with Crippen LogP contribution in [0.25, 0.3) is 5.69 Å². The number of urea groups is 1. The van der Waals surface area contributed by atoms with Crippen molar-refractivity contribution in [1.82, 2.24) is 30.8 Å². The monoisotopic (exact) mass is 464 g/mol. The van der Waals surface area contributed by atoms with E-state index >= 15 is 0 Å². The normalized spacial score (nSPS) is 15.7. The number of thioether (sulfide) groups is 1. The van der Waals surface area contributed by atoms with E-state index in [1.165, 1.54) is 11.8 Å². The van der Waals surface area contributed by atoms with Gasteiger partial charge in [-0.2, -0.15) is 4.68 Å². The molecule has 1 atom stereocenters. The molecule has 2 aromatic carbocycles. The first-order valence-electron chi connectivity index (χ1n) is 10.5. The summed E-state index contributed by atoms with van der Waals surface area (Å²) in [6.45, 7) is 5.97. The molecule has 170 valence electrons. The Morgan fingerprint density at radius 2 is 1.85 bits per heavy atom. The van der Waals surface area contributed by atoms with Crippen LogP contribution in [0.4, 0.5) is 4.79 Å². The molecule has 1 aliphatic heterocycles. The minimum Gasteiger partial charge on any atom is -0.463 e. The second-order valence-electron chi connectivity index (χ2n) is 7.46. The Bertz CT molecular complexity index is 1190. The van der Waals surface area contributed by atoms with E-state index in [1.807, 2.05) is 62.4 Å². The molecule has 33 heavy (non-hydrogen) atoms. The molecule has 2 N–H and O–H groups in total. The molecule has 0 radical (unpaired) electrons. The SMILES string of the molecule is CCOC(=O)C1=C(CSc2nnnn2-c2c(C)cccc2C)NC(=O)NC1c1ccccc1. The molecule has 0 spiro atoms. The number of nitrogens with zero attached hydrogens (tertiary/aromatic N) is 4. The summed E-state index contributed by atoms with van der Waals surface area (Å²) >= 11 is 1.33. The van der Waals surface area contributed by atoms with Gasteiger partial charge >= 0.3 is 12.0 Å². The van der Waals surface area contributed by atoms with Gasteiger partial charge in [-0.3, -0.25) is 0 Å². The third kappa shape index (κ3) is 4.75. The van der Waals surface area contributed by atoms with Crippen LogP contribution in [0.1, 0.15) is 29.7 Å². The standard InChI is InChI=1S/C23H24N6O3S/c1-4-32-21(30)18-17(24-22(31)25-19(18)16-11-6-5-7-12-16)13-33-23-26-27-28-29(23)20-14(2)9-8-10-15(20)3/h5-12,19H,4,13H2,1-3H3,(H2,24,25,31). The van der Waals surface area contributed by atoms with E-state index in [1.54, 1.807) is 11.6 Å². The number of ether oxygens (including phenoxy) is 1. The van der Waals surface area contributed by atoms with Gasteiger partial charge in [0.2, 0.25) is 5.16 Å². The van der Waals surface area contributed by atoms with Gasteiger partial charge in [0.05, 0.1) is 23.9 Å². The van der Waals surface area contributed by atoms with Gasteiger partial charge in [-0.25, -0.2) is 9.59 Å². The largest absolute Gasteiger partial charge is 0.463 e. The van der Waals surface area contributed by atoms with Gasteiger partial charge in [-0.1, -0.05) is 60.3 Å². The average Bonchev–Trinajstić information content (AvgIpc) is 3.26. The maximum atomic E-state index is 12.9. The summed E-state index contributed by atoms with van der Waals surface area (Å²) in [5, 5.41) is 18.3. The number of amides is 2. The number of hydrogen-bond donors (Lipinski definition) is 2. The van der Waals surface area contributed by atoms with E-state index < -0.39 is 12.0 Å². The Balaban J connectivity index is 1.69. The highest BCUT2D eigenvalue weighted by molar-refractivity contribution is 7.99. The van der Waals surface area contributed by atoms with Crippen molar-refractivity contribution in [3.05, 3.63) is 76.5 Å². The first kappa shape index (κ1) is 22.5. The van der Waals surface area contributed by atoms with Gasteiger partial charge in [0.25, 0.3) is 0 Å². The van der Waals surface area contributed by atoms with Crippen molar-refractivity contribution in [2.45, 2.75) is 32.0 Å². The summed E-state index contributed by atoms with van der Waals surface area (Å²) < 4.78 is 7.00. The highest BCUT2D eigenvalue weighted by atomic mass is 32.2. The first-order chi connectivity index (χ1) is 16.0. The Morgan fingerprint density at radius 3 is 2.55 bits per heavy atom. The number of aromatic nitrogens is 4. The molecule has 0 fully saturated rings. The molecule has 4 rings (SSSR count). The van der Waals surface area contributed by atoms with Crippen molar-refractivity contribution in [2.75, 3.05) is 12.4 Å². The molecule has 0 bridgehead atoms. The zero-order valence-corrected chi connectivity index (χ0v) is 19.3. The van der Waals surface area contributed by atoms with E-state index in [4.69, 9.17) is 4.74 Å². The van der Waals surface area contributed by atoms with Crippen LogP contribution >= 0.6 is 11.8 Å². The summed E-state index contributed by atoms with van der Waals surface area (Å²) in [5.74, 6) is -0.209. The lowest BCUT2D eigenvalue weighted by Crippen LogP contribution is -2.46. The topological polar surface area (TPSA) is 111 Å². The lowest BCUT2D eigenvalue weighted by atomic mass is 9.95. The number of tetrazole rings is 1. The summed E-state index contributed by atoms with van der Waals surface area (Å²) in [6.07, 6.45) is 0. The van der Waals surface area contributed by atoms with Crippen LogP contribution < -0.4 is 10.6 Å². The van der Waals surface area contributed by atoms with Crippen LogP contribution in [0.15, 0.2) is 65.0 Å². The van der Waals surface area contributed by atoms with Gasteiger partial charge in [0.15, 0.2) is 0 Å². The number of carbonyl (C=O) groups is 2. The number of rotatable bonds is 7. The molecule has 2 amide bonds. The van der Waals surface area contributed by atoms with Gasteiger partial charge in [0, 0.05) is 11.4 Å². The van der Waals surface area contributed by atoms with E-state index in [2.05, 4.69) is 26.2 Å². The fourth-order valence-corrected chi connectivity index (χ4v) is 4.61. The molecular formula is C23H24N6O3S. The maximum Gasteiger partial charge on any atom is 0.338 e. The molecule has 10 heteroatoms. The third-order valence-electron chi connectivity index (χ3n) is 5.22. The molecule has 2 heterocycles. The molecule has 0 aliphatic carbocycles. The molecule has 1 aromatic heterocycles. The second kappa shape index (κ2) is 9.86. The van der Waals surface area contributed by atoms with Crippen molar-refractivity contribution in [1.29, 1.82) is 0 Å². The number of esters is 1. The van der Waals surface area contributed by atoms with Crippen molar-refractivity contribution in [3.63, 3.8) is 0 Å². The smallest absolute Gasteiger partial charge is 0.338 e. The predicted molar refractivity (Wildman–Crippen MR) is 124 cm³/mol.